The summed E-state index contributed by atoms with van der Waals surface area (Å²) in [5.74, 6) is 0.128. The van der Waals surface area contributed by atoms with E-state index in [1.54, 1.807) is 12.1 Å². The molecular formula is C18H19ClN6O2. The van der Waals surface area contributed by atoms with Crippen LogP contribution in [0.4, 0.5) is 5.82 Å². The number of piperazine rings is 1. The van der Waals surface area contributed by atoms with Crippen LogP contribution in [0.15, 0.2) is 30.7 Å². The zero-order valence-electron chi connectivity index (χ0n) is 14.9. The van der Waals surface area contributed by atoms with Gasteiger partial charge in [0.2, 0.25) is 5.91 Å². The summed E-state index contributed by atoms with van der Waals surface area (Å²) in [6, 6.07) is 2.81. The van der Waals surface area contributed by atoms with Crippen molar-refractivity contribution < 1.29 is 9.59 Å². The molecule has 0 spiro atoms. The van der Waals surface area contributed by atoms with E-state index in [1.807, 2.05) is 11.9 Å². The first-order valence-electron chi connectivity index (χ1n) is 8.77. The molecule has 27 heavy (non-hydrogen) atoms. The molecule has 0 aliphatic carbocycles. The molecule has 2 aliphatic heterocycles. The zero-order chi connectivity index (χ0) is 19.0. The van der Waals surface area contributed by atoms with Crippen LogP contribution in [0.3, 0.4) is 0 Å². The van der Waals surface area contributed by atoms with Crippen molar-refractivity contribution in [2.75, 3.05) is 38.1 Å². The number of amides is 2. The Hall–Kier alpha value is -2.58. The molecule has 8 nitrogen and oxygen atoms in total. The second kappa shape index (κ2) is 7.21. The Morgan fingerprint density at radius 3 is 2.59 bits per heavy atom. The molecule has 4 heterocycles. The molecule has 2 aromatic heterocycles. The molecule has 0 bridgehead atoms. The third-order valence-electron chi connectivity index (χ3n) is 4.96. The smallest absolute Gasteiger partial charge is 0.280 e. The summed E-state index contributed by atoms with van der Waals surface area (Å²) in [5.41, 5.74) is 0.784. The second-order valence-electron chi connectivity index (χ2n) is 6.70. The van der Waals surface area contributed by atoms with Gasteiger partial charge in [-0.3, -0.25) is 19.5 Å². The van der Waals surface area contributed by atoms with Crippen molar-refractivity contribution in [3.8, 4) is 0 Å². The Morgan fingerprint density at radius 2 is 1.89 bits per heavy atom. The number of anilines is 1. The van der Waals surface area contributed by atoms with E-state index in [-0.39, 0.29) is 23.9 Å². The number of hydrogen-bond donors (Lipinski definition) is 0. The third-order valence-corrected chi connectivity index (χ3v) is 5.18. The molecule has 1 atom stereocenters. The summed E-state index contributed by atoms with van der Waals surface area (Å²) >= 11 is 5.92. The minimum absolute atomic E-state index is 0.00151. The van der Waals surface area contributed by atoms with E-state index in [0.717, 1.165) is 13.1 Å². The van der Waals surface area contributed by atoms with Crippen molar-refractivity contribution >= 4 is 29.2 Å². The van der Waals surface area contributed by atoms with Crippen LogP contribution in [0.25, 0.3) is 0 Å². The van der Waals surface area contributed by atoms with E-state index in [0.29, 0.717) is 29.6 Å². The molecule has 0 N–H and O–H groups in total. The highest BCUT2D eigenvalue weighted by atomic mass is 35.5. The van der Waals surface area contributed by atoms with Crippen molar-refractivity contribution in [1.29, 1.82) is 0 Å². The first kappa shape index (κ1) is 17.8. The molecule has 4 rings (SSSR count). The topological polar surface area (TPSA) is 82.5 Å². The number of carbonyl (C=O) groups is 2. The van der Waals surface area contributed by atoms with Crippen molar-refractivity contribution in [3.05, 3.63) is 47.1 Å². The number of rotatable bonds is 3. The molecule has 140 valence electrons. The first-order chi connectivity index (χ1) is 13.0. The SMILES string of the molecule is CN1CCN(C(=O)C[C@H]2c3nccnc3C(=O)N2c2ccc(Cl)cn2)CC1. The lowest BCUT2D eigenvalue weighted by Gasteiger charge is -2.33. The van der Waals surface area contributed by atoms with E-state index in [2.05, 4.69) is 19.9 Å². The van der Waals surface area contributed by atoms with Gasteiger partial charge in [0.05, 0.1) is 23.2 Å². The lowest BCUT2D eigenvalue weighted by Crippen LogP contribution is -2.48. The van der Waals surface area contributed by atoms with Gasteiger partial charge < -0.3 is 9.80 Å². The summed E-state index contributed by atoms with van der Waals surface area (Å²) in [6.07, 6.45) is 4.64. The fourth-order valence-electron chi connectivity index (χ4n) is 3.45. The van der Waals surface area contributed by atoms with Gasteiger partial charge >= 0.3 is 0 Å². The van der Waals surface area contributed by atoms with E-state index in [9.17, 15) is 9.59 Å². The van der Waals surface area contributed by atoms with Crippen LogP contribution in [0.5, 0.6) is 0 Å². The van der Waals surface area contributed by atoms with Gasteiger partial charge in [-0.25, -0.2) is 9.97 Å². The maximum Gasteiger partial charge on any atom is 0.280 e. The highest BCUT2D eigenvalue weighted by molar-refractivity contribution is 6.30. The third kappa shape index (κ3) is 3.38. The average Bonchev–Trinajstić information content (AvgIpc) is 2.95. The highest BCUT2D eigenvalue weighted by Gasteiger charge is 2.42. The summed E-state index contributed by atoms with van der Waals surface area (Å²) in [5, 5.41) is 0.476. The van der Waals surface area contributed by atoms with Gasteiger partial charge in [0.25, 0.3) is 5.91 Å². The maximum atomic E-state index is 12.9. The molecule has 0 saturated carbocycles. The average molecular weight is 387 g/mol. The van der Waals surface area contributed by atoms with Crippen molar-refractivity contribution in [2.24, 2.45) is 0 Å². The van der Waals surface area contributed by atoms with E-state index in [1.165, 1.54) is 23.5 Å². The Kier molecular flexibility index (Phi) is 4.75. The van der Waals surface area contributed by atoms with Gasteiger partial charge in [-0.15, -0.1) is 0 Å². The molecular weight excluding hydrogens is 368 g/mol. The Balaban J connectivity index is 1.63. The lowest BCUT2D eigenvalue weighted by atomic mass is 10.1. The fraction of sp³-hybridized carbons (Fsp3) is 0.389. The number of aromatic nitrogens is 3. The second-order valence-corrected chi connectivity index (χ2v) is 7.14. The molecule has 2 aromatic rings. The quantitative estimate of drug-likeness (QED) is 0.792. The number of fused-ring (bicyclic) bond motifs is 1. The number of halogens is 1. The summed E-state index contributed by atoms with van der Waals surface area (Å²) in [4.78, 5) is 44.1. The summed E-state index contributed by atoms with van der Waals surface area (Å²) in [7, 11) is 2.04. The minimum atomic E-state index is -0.526. The standard InChI is InChI=1S/C18H19ClN6O2/c1-23-6-8-24(9-7-23)15(26)10-13-16-17(21-5-4-20-16)18(27)25(13)14-3-2-12(19)11-22-14/h2-5,11,13H,6-10H2,1H3/t13-/m0/s1. The monoisotopic (exact) mass is 386 g/mol. The lowest BCUT2D eigenvalue weighted by molar-refractivity contribution is -0.133. The summed E-state index contributed by atoms with van der Waals surface area (Å²) < 4.78 is 0. The molecule has 0 radical (unpaired) electrons. The minimum Gasteiger partial charge on any atom is -0.340 e. The zero-order valence-corrected chi connectivity index (χ0v) is 15.6. The Morgan fingerprint density at radius 1 is 1.15 bits per heavy atom. The predicted octanol–water partition coefficient (Wildman–Crippen LogP) is 1.39. The van der Waals surface area contributed by atoms with Crippen LogP contribution >= 0.6 is 11.6 Å². The molecule has 2 amide bonds. The fourth-order valence-corrected chi connectivity index (χ4v) is 3.56. The molecule has 0 unspecified atom stereocenters. The number of hydrogen-bond acceptors (Lipinski definition) is 6. The number of pyridine rings is 1. The molecule has 1 fully saturated rings. The van der Waals surface area contributed by atoms with Gasteiger partial charge in [0, 0.05) is 44.8 Å². The van der Waals surface area contributed by atoms with E-state index in [4.69, 9.17) is 11.6 Å². The van der Waals surface area contributed by atoms with Crippen LogP contribution in [-0.4, -0.2) is 69.8 Å². The van der Waals surface area contributed by atoms with Gasteiger partial charge in [0.15, 0.2) is 5.69 Å². The number of carbonyl (C=O) groups excluding carboxylic acids is 2. The van der Waals surface area contributed by atoms with Crippen molar-refractivity contribution in [3.63, 3.8) is 0 Å². The van der Waals surface area contributed by atoms with Gasteiger partial charge in [-0.1, -0.05) is 11.6 Å². The Bertz CT molecular complexity index is 866. The van der Waals surface area contributed by atoms with Gasteiger partial charge in [-0.2, -0.15) is 0 Å². The summed E-state index contributed by atoms with van der Waals surface area (Å²) in [6.45, 7) is 3.05. The molecule has 9 heteroatoms. The van der Waals surface area contributed by atoms with Crippen LogP contribution in [0, 0.1) is 0 Å². The van der Waals surface area contributed by atoms with E-state index < -0.39 is 6.04 Å². The molecule has 0 aromatic carbocycles. The van der Waals surface area contributed by atoms with E-state index >= 15 is 0 Å². The molecule has 2 aliphatic rings. The van der Waals surface area contributed by atoms with Gasteiger partial charge in [0.1, 0.15) is 5.82 Å². The van der Waals surface area contributed by atoms with Gasteiger partial charge in [-0.05, 0) is 19.2 Å². The van der Waals surface area contributed by atoms with Crippen LogP contribution in [0.1, 0.15) is 28.6 Å². The number of nitrogens with zero attached hydrogens (tertiary/aromatic N) is 6. The number of likely N-dealkylation sites (N-methyl/N-ethyl adjacent to an activating group) is 1. The van der Waals surface area contributed by atoms with Crippen molar-refractivity contribution in [2.45, 2.75) is 12.5 Å². The largest absolute Gasteiger partial charge is 0.340 e. The predicted molar refractivity (Wildman–Crippen MR) is 99.5 cm³/mol. The van der Waals surface area contributed by atoms with Crippen LogP contribution in [0.2, 0.25) is 5.02 Å². The van der Waals surface area contributed by atoms with Crippen molar-refractivity contribution in [1.82, 2.24) is 24.8 Å². The van der Waals surface area contributed by atoms with Crippen LogP contribution in [-0.2, 0) is 4.79 Å². The van der Waals surface area contributed by atoms with Crippen LogP contribution < -0.4 is 4.90 Å². The maximum absolute atomic E-state index is 12.9. The normalized spacial score (nSPS) is 20.1. The highest BCUT2D eigenvalue weighted by Crippen LogP contribution is 2.37. The Labute approximate surface area is 161 Å². The first-order valence-corrected chi connectivity index (χ1v) is 9.14. The molecule has 1 saturated heterocycles.